The van der Waals surface area contributed by atoms with Crippen molar-refractivity contribution in [3.8, 4) is 0 Å². The maximum atomic E-state index is 13.4. The van der Waals surface area contributed by atoms with Gasteiger partial charge in [-0.15, -0.1) is 0 Å². The van der Waals surface area contributed by atoms with Gasteiger partial charge >= 0.3 is 0 Å². The third kappa shape index (κ3) is 3.23. The highest BCUT2D eigenvalue weighted by atomic mass is 19.1. The molecule has 1 aromatic rings. The number of nitrogens with one attached hydrogen (secondary N) is 1. The number of ether oxygens (including phenoxy) is 1. The van der Waals surface area contributed by atoms with Crippen molar-refractivity contribution < 1.29 is 18.3 Å². The minimum Gasteiger partial charge on any atom is -0.372 e. The van der Waals surface area contributed by atoms with Crippen LogP contribution in [0.5, 0.6) is 0 Å². The zero-order chi connectivity index (χ0) is 14.9. The van der Waals surface area contributed by atoms with E-state index in [4.69, 9.17) is 4.74 Å². The van der Waals surface area contributed by atoms with Crippen molar-refractivity contribution in [1.29, 1.82) is 0 Å². The molecule has 2 bridgehead atoms. The van der Waals surface area contributed by atoms with E-state index in [1.54, 1.807) is 0 Å². The summed E-state index contributed by atoms with van der Waals surface area (Å²) in [5.74, 6) is -1.37. The van der Waals surface area contributed by atoms with Crippen LogP contribution in [0.2, 0.25) is 0 Å². The molecule has 3 rings (SSSR count). The first-order valence-corrected chi connectivity index (χ1v) is 7.45. The molecule has 3 nitrogen and oxygen atoms in total. The zero-order valence-corrected chi connectivity index (χ0v) is 11.8. The molecule has 1 aromatic carbocycles. The van der Waals surface area contributed by atoms with Gasteiger partial charge in [-0.05, 0) is 38.2 Å². The van der Waals surface area contributed by atoms with E-state index < -0.39 is 11.6 Å². The Kier molecular flexibility index (Phi) is 3.93. The summed E-state index contributed by atoms with van der Waals surface area (Å²) in [7, 11) is 0. The van der Waals surface area contributed by atoms with Crippen molar-refractivity contribution >= 4 is 5.91 Å². The zero-order valence-electron chi connectivity index (χ0n) is 11.8. The third-order valence-electron chi connectivity index (χ3n) is 4.56. The lowest BCUT2D eigenvalue weighted by molar-refractivity contribution is -0.122. The van der Waals surface area contributed by atoms with Crippen molar-refractivity contribution in [2.75, 3.05) is 0 Å². The lowest BCUT2D eigenvalue weighted by Gasteiger charge is -2.24. The first-order chi connectivity index (χ1) is 10.1. The number of halogens is 2. The number of rotatable bonds is 5. The summed E-state index contributed by atoms with van der Waals surface area (Å²) < 4.78 is 32.1. The van der Waals surface area contributed by atoms with Gasteiger partial charge in [0.15, 0.2) is 0 Å². The van der Waals surface area contributed by atoms with Crippen LogP contribution in [0, 0.1) is 11.6 Å². The van der Waals surface area contributed by atoms with Crippen molar-refractivity contribution in [3.63, 3.8) is 0 Å². The molecule has 5 heteroatoms. The lowest BCUT2D eigenvalue weighted by atomic mass is 9.85. The average molecular weight is 295 g/mol. The van der Waals surface area contributed by atoms with Gasteiger partial charge in [-0.1, -0.05) is 6.07 Å². The second-order valence-corrected chi connectivity index (χ2v) is 6.01. The predicted molar refractivity (Wildman–Crippen MR) is 73.5 cm³/mol. The molecule has 0 unspecified atom stereocenters. The number of carbonyl (C=O) groups is 1. The van der Waals surface area contributed by atoms with E-state index in [0.29, 0.717) is 18.1 Å². The standard InChI is InChI=1S/C16H19F2NO2/c17-12-2-1-11(14(18)9-12)10-19-15(20)5-8-16-6-3-13(21-16)4-7-16/h1-2,9,13H,3-8,10H2,(H,19,20). The molecule has 1 N–H and O–H groups in total. The van der Waals surface area contributed by atoms with Crippen LogP contribution in [0.1, 0.15) is 44.1 Å². The number of carbonyl (C=O) groups excluding carboxylic acids is 1. The van der Waals surface area contributed by atoms with Crippen LogP contribution >= 0.6 is 0 Å². The van der Waals surface area contributed by atoms with E-state index >= 15 is 0 Å². The largest absolute Gasteiger partial charge is 0.372 e. The van der Waals surface area contributed by atoms with Crippen LogP contribution in [0.15, 0.2) is 18.2 Å². The molecule has 2 fully saturated rings. The summed E-state index contributed by atoms with van der Waals surface area (Å²) in [6, 6.07) is 3.37. The van der Waals surface area contributed by atoms with E-state index in [9.17, 15) is 13.6 Å². The molecule has 2 aliphatic rings. The highest BCUT2D eigenvalue weighted by Crippen LogP contribution is 2.46. The molecule has 2 aliphatic heterocycles. The van der Waals surface area contributed by atoms with Gasteiger partial charge in [0.1, 0.15) is 11.6 Å². The first kappa shape index (κ1) is 14.4. The molecule has 1 amide bonds. The summed E-state index contributed by atoms with van der Waals surface area (Å²) in [4.78, 5) is 11.9. The fraction of sp³-hybridized carbons (Fsp3) is 0.562. The van der Waals surface area contributed by atoms with E-state index in [1.165, 1.54) is 12.1 Å². The number of fused-ring (bicyclic) bond motifs is 2. The maximum absolute atomic E-state index is 13.4. The lowest BCUT2D eigenvalue weighted by Crippen LogP contribution is -2.29. The van der Waals surface area contributed by atoms with Crippen molar-refractivity contribution in [2.45, 2.75) is 56.8 Å². The number of hydrogen-bond donors (Lipinski definition) is 1. The van der Waals surface area contributed by atoms with E-state index in [0.717, 1.165) is 38.2 Å². The molecule has 0 aromatic heterocycles. The van der Waals surface area contributed by atoms with Crippen LogP contribution in [0.3, 0.4) is 0 Å². The second kappa shape index (κ2) is 5.72. The van der Waals surface area contributed by atoms with E-state index in [1.807, 2.05) is 0 Å². The maximum Gasteiger partial charge on any atom is 0.220 e. The van der Waals surface area contributed by atoms with Gasteiger partial charge in [0.05, 0.1) is 11.7 Å². The average Bonchev–Trinajstić information content (AvgIpc) is 3.05. The van der Waals surface area contributed by atoms with Gasteiger partial charge in [0, 0.05) is 24.6 Å². The number of benzene rings is 1. The van der Waals surface area contributed by atoms with E-state index in [-0.39, 0.29) is 18.1 Å². The Hall–Kier alpha value is -1.49. The van der Waals surface area contributed by atoms with Crippen LogP contribution < -0.4 is 5.32 Å². The van der Waals surface area contributed by atoms with Crippen LogP contribution in [-0.2, 0) is 16.1 Å². The van der Waals surface area contributed by atoms with Gasteiger partial charge in [0.25, 0.3) is 0 Å². The van der Waals surface area contributed by atoms with Crippen molar-refractivity contribution in [1.82, 2.24) is 5.32 Å². The Morgan fingerprint density at radius 3 is 2.71 bits per heavy atom. The minimum atomic E-state index is -0.633. The monoisotopic (exact) mass is 295 g/mol. The highest BCUT2D eigenvalue weighted by molar-refractivity contribution is 5.75. The normalized spacial score (nSPS) is 27.0. The molecule has 21 heavy (non-hydrogen) atoms. The van der Waals surface area contributed by atoms with Crippen LogP contribution in [-0.4, -0.2) is 17.6 Å². The SMILES string of the molecule is O=C(CCC12CCC(CC1)O2)NCc1ccc(F)cc1F. The van der Waals surface area contributed by atoms with Crippen LogP contribution in [0.25, 0.3) is 0 Å². The van der Waals surface area contributed by atoms with Gasteiger partial charge in [-0.25, -0.2) is 8.78 Å². The molecular weight excluding hydrogens is 276 g/mol. The minimum absolute atomic E-state index is 0.0848. The fourth-order valence-electron chi connectivity index (χ4n) is 3.30. The molecule has 0 aliphatic carbocycles. The molecule has 114 valence electrons. The number of amides is 1. The summed E-state index contributed by atoms with van der Waals surface area (Å²) in [5.41, 5.74) is 0.198. The molecule has 2 heterocycles. The Morgan fingerprint density at radius 1 is 1.33 bits per heavy atom. The quantitative estimate of drug-likeness (QED) is 0.906. The molecular formula is C16H19F2NO2. The second-order valence-electron chi connectivity index (χ2n) is 6.01. The van der Waals surface area contributed by atoms with Gasteiger partial charge in [-0.3, -0.25) is 4.79 Å². The van der Waals surface area contributed by atoms with E-state index in [2.05, 4.69) is 5.32 Å². The smallest absolute Gasteiger partial charge is 0.220 e. The highest BCUT2D eigenvalue weighted by Gasteiger charge is 2.45. The molecule has 0 atom stereocenters. The van der Waals surface area contributed by atoms with Crippen molar-refractivity contribution in [3.05, 3.63) is 35.4 Å². The molecule has 0 saturated carbocycles. The summed E-state index contributed by atoms with van der Waals surface area (Å²) in [5, 5.41) is 2.68. The topological polar surface area (TPSA) is 38.3 Å². The summed E-state index contributed by atoms with van der Waals surface area (Å²) >= 11 is 0. The molecule has 0 spiro atoms. The Bertz CT molecular complexity index is 539. The Labute approximate surface area is 122 Å². The Morgan fingerprint density at radius 2 is 2.10 bits per heavy atom. The first-order valence-electron chi connectivity index (χ1n) is 7.45. The van der Waals surface area contributed by atoms with Gasteiger partial charge < -0.3 is 10.1 Å². The Balaban J connectivity index is 1.46. The third-order valence-corrected chi connectivity index (χ3v) is 4.56. The number of hydrogen-bond acceptors (Lipinski definition) is 2. The fourth-order valence-corrected chi connectivity index (χ4v) is 3.30. The van der Waals surface area contributed by atoms with Gasteiger partial charge in [0.2, 0.25) is 5.91 Å². The van der Waals surface area contributed by atoms with Crippen LogP contribution in [0.4, 0.5) is 8.78 Å². The molecule has 0 radical (unpaired) electrons. The summed E-state index contributed by atoms with van der Waals surface area (Å²) in [6.45, 7) is 0.0848. The predicted octanol–water partition coefficient (Wildman–Crippen LogP) is 3.07. The molecule has 2 saturated heterocycles. The summed E-state index contributed by atoms with van der Waals surface area (Å²) in [6.07, 6.45) is 5.78. The van der Waals surface area contributed by atoms with Crippen molar-refractivity contribution in [2.24, 2.45) is 0 Å². The van der Waals surface area contributed by atoms with Gasteiger partial charge in [-0.2, -0.15) is 0 Å².